The third-order valence-corrected chi connectivity index (χ3v) is 6.29. The van der Waals surface area contributed by atoms with Gasteiger partial charge in [0.1, 0.15) is 4.83 Å². The molecule has 0 radical (unpaired) electrons. The lowest BCUT2D eigenvalue weighted by molar-refractivity contribution is -0.114. The first-order valence-electron chi connectivity index (χ1n) is 9.61. The van der Waals surface area contributed by atoms with E-state index in [1.165, 1.54) is 23.8 Å². The van der Waals surface area contributed by atoms with Gasteiger partial charge in [-0.15, -0.1) is 11.3 Å². The van der Waals surface area contributed by atoms with Crippen molar-refractivity contribution in [2.24, 2.45) is 0 Å². The number of nitrogens with zero attached hydrogens (tertiary/aromatic N) is 2. The van der Waals surface area contributed by atoms with Gasteiger partial charge in [-0.25, -0.2) is 4.79 Å². The van der Waals surface area contributed by atoms with Gasteiger partial charge in [0.2, 0.25) is 5.91 Å². The van der Waals surface area contributed by atoms with Gasteiger partial charge < -0.3 is 14.6 Å². The first kappa shape index (κ1) is 18.7. The lowest BCUT2D eigenvalue weighted by Gasteiger charge is -2.14. The molecular formula is C21H23N3O3S. The SMILES string of the molecule is CCOC(=O)c1c(NC(C)=O)c2c3c(sc2n1Cc1ccccn1)CCCC3. The van der Waals surface area contributed by atoms with Gasteiger partial charge in [-0.1, -0.05) is 6.07 Å². The molecule has 0 spiro atoms. The fourth-order valence-corrected chi connectivity index (χ4v) is 5.27. The van der Waals surface area contributed by atoms with E-state index in [9.17, 15) is 9.59 Å². The molecule has 0 saturated carbocycles. The van der Waals surface area contributed by atoms with Crippen molar-refractivity contribution in [3.63, 3.8) is 0 Å². The molecule has 0 bridgehead atoms. The zero-order valence-electron chi connectivity index (χ0n) is 16.1. The zero-order chi connectivity index (χ0) is 19.7. The van der Waals surface area contributed by atoms with E-state index in [-0.39, 0.29) is 12.5 Å². The fourth-order valence-electron chi connectivity index (χ4n) is 3.87. The molecule has 4 rings (SSSR count). The zero-order valence-corrected chi connectivity index (χ0v) is 16.9. The van der Waals surface area contributed by atoms with Crippen molar-refractivity contribution < 1.29 is 14.3 Å². The number of carbonyl (C=O) groups is 2. The molecule has 1 N–H and O–H groups in total. The molecular weight excluding hydrogens is 374 g/mol. The van der Waals surface area contributed by atoms with Crippen LogP contribution in [0, 0.1) is 0 Å². The summed E-state index contributed by atoms with van der Waals surface area (Å²) in [4.78, 5) is 31.6. The normalized spacial score (nSPS) is 13.4. The highest BCUT2D eigenvalue weighted by Crippen LogP contribution is 2.44. The van der Waals surface area contributed by atoms with Crippen molar-refractivity contribution in [1.82, 2.24) is 9.55 Å². The summed E-state index contributed by atoms with van der Waals surface area (Å²) in [5.74, 6) is -0.617. The Hall–Kier alpha value is -2.67. The first-order valence-corrected chi connectivity index (χ1v) is 10.4. The Balaban J connectivity index is 1.97. The standard InChI is InChI=1S/C21H23N3O3S/c1-3-27-21(26)19-18(23-13(2)25)17-15-9-4-5-10-16(15)28-20(17)24(19)12-14-8-6-7-11-22-14/h6-8,11H,3-5,9-10,12H2,1-2H3,(H,23,25). The van der Waals surface area contributed by atoms with Gasteiger partial charge in [0.25, 0.3) is 0 Å². The molecule has 0 unspecified atom stereocenters. The van der Waals surface area contributed by atoms with Gasteiger partial charge >= 0.3 is 5.97 Å². The minimum atomic E-state index is -0.421. The second-order valence-electron chi connectivity index (χ2n) is 6.92. The smallest absolute Gasteiger partial charge is 0.357 e. The van der Waals surface area contributed by atoms with Gasteiger partial charge in [-0.3, -0.25) is 9.78 Å². The summed E-state index contributed by atoms with van der Waals surface area (Å²) in [6.07, 6.45) is 6.06. The second kappa shape index (κ2) is 7.75. The van der Waals surface area contributed by atoms with Gasteiger partial charge in [0, 0.05) is 23.4 Å². The molecule has 1 aliphatic carbocycles. The van der Waals surface area contributed by atoms with Crippen LogP contribution in [-0.4, -0.2) is 28.0 Å². The number of pyridine rings is 1. The number of thiophene rings is 1. The summed E-state index contributed by atoms with van der Waals surface area (Å²) >= 11 is 1.72. The number of ether oxygens (including phenoxy) is 1. The minimum Gasteiger partial charge on any atom is -0.461 e. The lowest BCUT2D eigenvalue weighted by Crippen LogP contribution is -2.17. The summed E-state index contributed by atoms with van der Waals surface area (Å²) in [5, 5.41) is 3.92. The molecule has 3 heterocycles. The van der Waals surface area contributed by atoms with Crippen LogP contribution in [0.25, 0.3) is 10.2 Å². The highest BCUT2D eigenvalue weighted by atomic mass is 32.1. The number of carbonyl (C=O) groups excluding carboxylic acids is 2. The van der Waals surface area contributed by atoms with Crippen LogP contribution in [-0.2, 0) is 28.9 Å². The molecule has 28 heavy (non-hydrogen) atoms. The van der Waals surface area contributed by atoms with Crippen LogP contribution >= 0.6 is 11.3 Å². The molecule has 0 aromatic carbocycles. The Labute approximate surface area is 167 Å². The Morgan fingerprint density at radius 3 is 2.82 bits per heavy atom. The van der Waals surface area contributed by atoms with E-state index in [2.05, 4.69) is 10.3 Å². The fraction of sp³-hybridized carbons (Fsp3) is 0.381. The molecule has 0 saturated heterocycles. The van der Waals surface area contributed by atoms with E-state index in [4.69, 9.17) is 4.74 Å². The first-order chi connectivity index (χ1) is 13.6. The highest BCUT2D eigenvalue weighted by molar-refractivity contribution is 7.19. The average Bonchev–Trinajstić information content (AvgIpc) is 3.18. The number of aryl methyl sites for hydroxylation is 2. The maximum absolute atomic E-state index is 12.9. The molecule has 0 atom stereocenters. The predicted molar refractivity (Wildman–Crippen MR) is 110 cm³/mol. The summed E-state index contributed by atoms with van der Waals surface area (Å²) in [5.41, 5.74) is 3.10. The topological polar surface area (TPSA) is 73.2 Å². The van der Waals surface area contributed by atoms with Crippen LogP contribution in [0.5, 0.6) is 0 Å². The summed E-state index contributed by atoms with van der Waals surface area (Å²) < 4.78 is 7.31. The van der Waals surface area contributed by atoms with E-state index >= 15 is 0 Å². The number of nitrogens with one attached hydrogen (secondary N) is 1. The van der Waals surface area contributed by atoms with Gasteiger partial charge in [0.15, 0.2) is 5.69 Å². The predicted octanol–water partition coefficient (Wildman–Crippen LogP) is 4.16. The number of rotatable bonds is 5. The quantitative estimate of drug-likeness (QED) is 0.656. The average molecular weight is 398 g/mol. The second-order valence-corrected chi connectivity index (χ2v) is 8.01. The van der Waals surface area contributed by atoms with Crippen LogP contribution < -0.4 is 5.32 Å². The van der Waals surface area contributed by atoms with E-state index in [0.29, 0.717) is 17.9 Å². The van der Waals surface area contributed by atoms with Crippen LogP contribution in [0.4, 0.5) is 5.69 Å². The maximum Gasteiger partial charge on any atom is 0.357 e. The van der Waals surface area contributed by atoms with Crippen LogP contribution in [0.1, 0.15) is 53.3 Å². The van der Waals surface area contributed by atoms with E-state index in [0.717, 1.165) is 35.2 Å². The molecule has 6 nitrogen and oxygen atoms in total. The molecule has 146 valence electrons. The van der Waals surface area contributed by atoms with Gasteiger partial charge in [0.05, 0.1) is 24.5 Å². The summed E-state index contributed by atoms with van der Waals surface area (Å²) in [6, 6.07) is 5.74. The van der Waals surface area contributed by atoms with Crippen LogP contribution in [0.3, 0.4) is 0 Å². The maximum atomic E-state index is 12.9. The highest BCUT2D eigenvalue weighted by Gasteiger charge is 2.30. The van der Waals surface area contributed by atoms with Crippen molar-refractivity contribution in [1.29, 1.82) is 0 Å². The van der Waals surface area contributed by atoms with E-state index < -0.39 is 5.97 Å². The lowest BCUT2D eigenvalue weighted by atomic mass is 9.96. The van der Waals surface area contributed by atoms with Crippen molar-refractivity contribution >= 4 is 39.1 Å². The third-order valence-electron chi connectivity index (χ3n) is 4.97. The molecule has 3 aromatic rings. The van der Waals surface area contributed by atoms with Crippen molar-refractivity contribution in [2.45, 2.75) is 46.1 Å². The summed E-state index contributed by atoms with van der Waals surface area (Å²) in [7, 11) is 0. The molecule has 0 fully saturated rings. The molecule has 7 heteroatoms. The molecule has 0 aliphatic heterocycles. The monoisotopic (exact) mass is 397 g/mol. The number of hydrogen-bond donors (Lipinski definition) is 1. The number of amides is 1. The number of fused-ring (bicyclic) bond motifs is 3. The number of hydrogen-bond acceptors (Lipinski definition) is 5. The van der Waals surface area contributed by atoms with Crippen LogP contribution in [0.2, 0.25) is 0 Å². The van der Waals surface area contributed by atoms with Crippen molar-refractivity contribution in [2.75, 3.05) is 11.9 Å². The number of esters is 1. The van der Waals surface area contributed by atoms with Crippen molar-refractivity contribution in [3.05, 3.63) is 46.2 Å². The van der Waals surface area contributed by atoms with Gasteiger partial charge in [-0.2, -0.15) is 0 Å². The van der Waals surface area contributed by atoms with Gasteiger partial charge in [-0.05, 0) is 50.3 Å². The number of aromatic nitrogens is 2. The van der Waals surface area contributed by atoms with Crippen LogP contribution in [0.15, 0.2) is 24.4 Å². The Morgan fingerprint density at radius 2 is 2.11 bits per heavy atom. The van der Waals surface area contributed by atoms with Crippen molar-refractivity contribution in [3.8, 4) is 0 Å². The largest absolute Gasteiger partial charge is 0.461 e. The minimum absolute atomic E-state index is 0.196. The third kappa shape index (κ3) is 3.30. The summed E-state index contributed by atoms with van der Waals surface area (Å²) in [6.45, 7) is 3.98. The Morgan fingerprint density at radius 1 is 1.29 bits per heavy atom. The Bertz CT molecular complexity index is 1040. The Kier molecular flexibility index (Phi) is 5.17. The molecule has 1 amide bonds. The molecule has 1 aliphatic rings. The molecule has 3 aromatic heterocycles. The van der Waals surface area contributed by atoms with E-state index in [1.54, 1.807) is 24.5 Å². The van der Waals surface area contributed by atoms with E-state index in [1.807, 2.05) is 22.8 Å². The number of anilines is 1.